The molecule has 9 heteroatoms. The normalized spacial score (nSPS) is 13.9. The molecule has 0 saturated heterocycles. The van der Waals surface area contributed by atoms with E-state index in [-0.39, 0.29) is 11.7 Å². The predicted molar refractivity (Wildman–Crippen MR) is 106 cm³/mol. The zero-order valence-electron chi connectivity index (χ0n) is 15.3. The number of nitrogens with zero attached hydrogens (tertiary/aromatic N) is 7. The van der Waals surface area contributed by atoms with Crippen LogP contribution in [0.5, 0.6) is 0 Å². The minimum absolute atomic E-state index is 0.169. The van der Waals surface area contributed by atoms with E-state index in [2.05, 4.69) is 47.0 Å². The van der Waals surface area contributed by atoms with Gasteiger partial charge in [0.15, 0.2) is 5.65 Å². The number of amides is 1. The number of halogens is 1. The van der Waals surface area contributed by atoms with Crippen molar-refractivity contribution in [2.45, 2.75) is 26.8 Å². The molecule has 28 heavy (non-hydrogen) atoms. The maximum atomic E-state index is 13.0. The Kier molecular flexibility index (Phi) is 3.87. The molecule has 5 rings (SSSR count). The Hall–Kier alpha value is -2.94. The summed E-state index contributed by atoms with van der Waals surface area (Å²) in [4.78, 5) is 32.5. The molecule has 0 spiro atoms. The van der Waals surface area contributed by atoms with E-state index in [1.54, 1.807) is 15.6 Å². The van der Waals surface area contributed by atoms with Gasteiger partial charge in [0, 0.05) is 52.6 Å². The number of hydrogen-bond donors (Lipinski definition) is 0. The Balaban J connectivity index is 1.48. The lowest BCUT2D eigenvalue weighted by atomic mass is 10.0. The first-order valence-electron chi connectivity index (χ1n) is 8.92. The van der Waals surface area contributed by atoms with Gasteiger partial charge in [0.1, 0.15) is 0 Å². The van der Waals surface area contributed by atoms with E-state index in [0.29, 0.717) is 25.3 Å². The molecule has 0 aromatic carbocycles. The van der Waals surface area contributed by atoms with Crippen molar-refractivity contribution >= 4 is 38.6 Å². The van der Waals surface area contributed by atoms with Gasteiger partial charge in [0.2, 0.25) is 5.82 Å². The fourth-order valence-corrected chi connectivity index (χ4v) is 3.92. The van der Waals surface area contributed by atoms with Gasteiger partial charge in [-0.1, -0.05) is 0 Å². The zero-order chi connectivity index (χ0) is 19.4. The van der Waals surface area contributed by atoms with Crippen LogP contribution in [0.2, 0.25) is 0 Å². The van der Waals surface area contributed by atoms with Gasteiger partial charge < -0.3 is 4.90 Å². The van der Waals surface area contributed by atoms with Gasteiger partial charge in [-0.15, -0.1) is 5.10 Å². The molecular formula is C19H16BrN7O. The van der Waals surface area contributed by atoms with Gasteiger partial charge >= 0.3 is 0 Å². The van der Waals surface area contributed by atoms with Crippen LogP contribution in [0.15, 0.2) is 28.9 Å². The van der Waals surface area contributed by atoms with E-state index in [4.69, 9.17) is 0 Å². The van der Waals surface area contributed by atoms with Crippen molar-refractivity contribution in [1.82, 2.24) is 34.4 Å². The van der Waals surface area contributed by atoms with Crippen LogP contribution >= 0.6 is 15.9 Å². The smallest absolute Gasteiger partial charge is 0.293 e. The topological polar surface area (TPSA) is 89.2 Å². The fourth-order valence-electron chi connectivity index (χ4n) is 3.57. The third kappa shape index (κ3) is 2.82. The Morgan fingerprint density at radius 2 is 2.00 bits per heavy atom. The number of carbonyl (C=O) groups excluding carboxylic acids is 1. The Morgan fingerprint density at radius 1 is 1.14 bits per heavy atom. The lowest BCUT2D eigenvalue weighted by Gasteiger charge is -2.27. The van der Waals surface area contributed by atoms with E-state index >= 15 is 0 Å². The van der Waals surface area contributed by atoms with Crippen LogP contribution in [0.3, 0.4) is 0 Å². The molecule has 0 saturated carbocycles. The van der Waals surface area contributed by atoms with Gasteiger partial charge in [-0.25, -0.2) is 19.5 Å². The first-order valence-corrected chi connectivity index (χ1v) is 9.71. The number of aryl methyl sites for hydroxylation is 2. The van der Waals surface area contributed by atoms with E-state index in [1.807, 2.05) is 26.0 Å². The molecule has 0 atom stereocenters. The molecule has 0 bridgehead atoms. The average Bonchev–Trinajstić information content (AvgIpc) is 3.09. The monoisotopic (exact) mass is 437 g/mol. The molecule has 0 aliphatic carbocycles. The highest BCUT2D eigenvalue weighted by Gasteiger charge is 2.26. The minimum Gasteiger partial charge on any atom is -0.331 e. The van der Waals surface area contributed by atoms with Crippen LogP contribution in [0.4, 0.5) is 0 Å². The zero-order valence-corrected chi connectivity index (χ0v) is 16.9. The summed E-state index contributed by atoms with van der Waals surface area (Å²) in [5, 5.41) is 5.31. The van der Waals surface area contributed by atoms with Crippen molar-refractivity contribution in [2.75, 3.05) is 6.54 Å². The Morgan fingerprint density at radius 3 is 2.86 bits per heavy atom. The number of aromatic nitrogens is 6. The highest BCUT2D eigenvalue weighted by Crippen LogP contribution is 2.24. The first-order chi connectivity index (χ1) is 13.5. The van der Waals surface area contributed by atoms with Crippen LogP contribution in [-0.2, 0) is 13.0 Å². The quantitative estimate of drug-likeness (QED) is 0.454. The molecule has 1 amide bonds. The molecule has 0 fully saturated rings. The van der Waals surface area contributed by atoms with Gasteiger partial charge in [0.05, 0.1) is 0 Å². The molecule has 1 aliphatic heterocycles. The summed E-state index contributed by atoms with van der Waals surface area (Å²) in [5.41, 5.74) is 4.48. The van der Waals surface area contributed by atoms with Crippen LogP contribution < -0.4 is 0 Å². The summed E-state index contributed by atoms with van der Waals surface area (Å²) < 4.78 is 2.51. The molecule has 8 nitrogen and oxygen atoms in total. The molecule has 4 aromatic heterocycles. The lowest BCUT2D eigenvalue weighted by Crippen LogP contribution is -2.37. The molecule has 0 radical (unpaired) electrons. The van der Waals surface area contributed by atoms with Crippen molar-refractivity contribution in [2.24, 2.45) is 0 Å². The number of hydrogen-bond acceptors (Lipinski definition) is 6. The van der Waals surface area contributed by atoms with Crippen molar-refractivity contribution in [3.8, 4) is 0 Å². The van der Waals surface area contributed by atoms with Crippen LogP contribution in [0, 0.1) is 13.8 Å². The molecule has 140 valence electrons. The first kappa shape index (κ1) is 17.2. The van der Waals surface area contributed by atoms with E-state index in [0.717, 1.165) is 38.2 Å². The highest BCUT2D eigenvalue weighted by atomic mass is 79.9. The van der Waals surface area contributed by atoms with Gasteiger partial charge in [0.25, 0.3) is 11.7 Å². The number of carbonyl (C=O) groups is 1. The summed E-state index contributed by atoms with van der Waals surface area (Å²) in [7, 11) is 0. The largest absolute Gasteiger partial charge is 0.331 e. The summed E-state index contributed by atoms with van der Waals surface area (Å²) in [6.45, 7) is 4.87. The van der Waals surface area contributed by atoms with Crippen molar-refractivity contribution in [1.29, 1.82) is 0 Å². The van der Waals surface area contributed by atoms with E-state index in [1.165, 1.54) is 0 Å². The van der Waals surface area contributed by atoms with Crippen LogP contribution in [0.25, 0.3) is 16.8 Å². The SMILES string of the molecule is Cc1cc(C)n2nc(C(=O)N3CCc4nc5ncc(Br)cc5cc4C3)nc2n1. The number of pyridine rings is 2. The predicted octanol–water partition coefficient (Wildman–Crippen LogP) is 2.65. The summed E-state index contributed by atoms with van der Waals surface area (Å²) in [6, 6.07) is 5.95. The minimum atomic E-state index is -0.194. The van der Waals surface area contributed by atoms with Crippen molar-refractivity contribution < 1.29 is 4.79 Å². The van der Waals surface area contributed by atoms with E-state index < -0.39 is 0 Å². The van der Waals surface area contributed by atoms with Crippen LogP contribution in [-0.4, -0.2) is 46.9 Å². The second-order valence-electron chi connectivity index (χ2n) is 6.96. The lowest BCUT2D eigenvalue weighted by molar-refractivity contribution is 0.0721. The van der Waals surface area contributed by atoms with Gasteiger partial charge in [-0.05, 0) is 53.5 Å². The maximum Gasteiger partial charge on any atom is 0.293 e. The van der Waals surface area contributed by atoms with Gasteiger partial charge in [-0.3, -0.25) is 4.79 Å². The molecular weight excluding hydrogens is 422 g/mol. The number of fused-ring (bicyclic) bond motifs is 3. The van der Waals surface area contributed by atoms with E-state index in [9.17, 15) is 4.79 Å². The van der Waals surface area contributed by atoms with Crippen molar-refractivity contribution in [3.63, 3.8) is 0 Å². The second-order valence-corrected chi connectivity index (χ2v) is 7.87. The van der Waals surface area contributed by atoms with Crippen molar-refractivity contribution in [3.05, 3.63) is 57.3 Å². The molecule has 1 aliphatic rings. The summed E-state index contributed by atoms with van der Waals surface area (Å²) in [5.74, 6) is 0.422. The highest BCUT2D eigenvalue weighted by molar-refractivity contribution is 9.10. The Labute approximate surface area is 168 Å². The number of rotatable bonds is 1. The maximum absolute atomic E-state index is 13.0. The fraction of sp³-hybridized carbons (Fsp3) is 0.263. The summed E-state index contributed by atoms with van der Waals surface area (Å²) in [6.07, 6.45) is 2.42. The van der Waals surface area contributed by atoms with Crippen LogP contribution in [0.1, 0.15) is 33.3 Å². The second kappa shape index (κ2) is 6.30. The third-order valence-electron chi connectivity index (χ3n) is 4.88. The average molecular weight is 438 g/mol. The third-order valence-corrected chi connectivity index (χ3v) is 5.31. The molecule has 0 N–H and O–H groups in total. The summed E-state index contributed by atoms with van der Waals surface area (Å²) >= 11 is 3.44. The molecule has 0 unspecified atom stereocenters. The molecule has 5 heterocycles. The molecule has 4 aromatic rings. The Bertz CT molecular complexity index is 1270. The van der Waals surface area contributed by atoms with Gasteiger partial charge in [-0.2, -0.15) is 4.98 Å². The standard InChI is InChI=1S/C19H16BrN7O/c1-10-5-11(2)27-19(22-10)24-17(25-27)18(28)26-4-3-15-13(9-26)6-12-7-14(20)8-21-16(12)23-15/h5-8H,3-4,9H2,1-2H3.